The fourth-order valence-corrected chi connectivity index (χ4v) is 6.74. The van der Waals surface area contributed by atoms with E-state index in [1.165, 1.54) is 30.5 Å². The van der Waals surface area contributed by atoms with E-state index in [4.69, 9.17) is 4.99 Å². The molecule has 8 nitrogen and oxygen atoms in total. The van der Waals surface area contributed by atoms with Gasteiger partial charge < -0.3 is 10.6 Å². The second-order valence-electron chi connectivity index (χ2n) is 9.56. The number of carbonyl (C=O) groups excluding carboxylic acids is 2. The number of hydrogen-bond acceptors (Lipinski definition) is 5. The summed E-state index contributed by atoms with van der Waals surface area (Å²) in [7, 11) is -3.50. The number of amidine groups is 1. The molecule has 1 aromatic rings. The molecular formula is C24H34N4O4S. The number of nitrogens with zero attached hydrogens (tertiary/aromatic N) is 2. The highest BCUT2D eigenvalue weighted by atomic mass is 32.2. The van der Waals surface area contributed by atoms with Crippen molar-refractivity contribution in [3.05, 3.63) is 29.3 Å². The Morgan fingerprint density at radius 1 is 1.21 bits per heavy atom. The van der Waals surface area contributed by atoms with Crippen LogP contribution in [0.25, 0.3) is 0 Å². The van der Waals surface area contributed by atoms with Crippen molar-refractivity contribution in [1.29, 1.82) is 0 Å². The van der Waals surface area contributed by atoms with Gasteiger partial charge in [-0.2, -0.15) is 0 Å². The quantitative estimate of drug-likeness (QED) is 0.661. The molecule has 2 fully saturated rings. The molecule has 9 heteroatoms. The van der Waals surface area contributed by atoms with Gasteiger partial charge >= 0.3 is 0 Å². The Labute approximate surface area is 196 Å². The summed E-state index contributed by atoms with van der Waals surface area (Å²) in [4.78, 5) is 29.2. The van der Waals surface area contributed by atoms with E-state index in [1.54, 1.807) is 6.07 Å². The van der Waals surface area contributed by atoms with Gasteiger partial charge in [-0.25, -0.2) is 12.7 Å². The van der Waals surface area contributed by atoms with Crippen LogP contribution in [0.3, 0.4) is 0 Å². The third-order valence-corrected chi connectivity index (χ3v) is 9.14. The van der Waals surface area contributed by atoms with E-state index in [0.29, 0.717) is 44.0 Å². The molecule has 2 heterocycles. The van der Waals surface area contributed by atoms with Crippen LogP contribution >= 0.6 is 0 Å². The van der Waals surface area contributed by atoms with Crippen LogP contribution in [-0.4, -0.2) is 54.8 Å². The highest BCUT2D eigenvalue weighted by molar-refractivity contribution is 7.89. The number of aliphatic imine (C=N–C) groups is 1. The van der Waals surface area contributed by atoms with Gasteiger partial charge in [0.1, 0.15) is 11.4 Å². The fourth-order valence-electron chi connectivity index (χ4n) is 5.29. The molecule has 2 N–H and O–H groups in total. The number of carbonyl (C=O) groups is 2. The SMILES string of the molecule is CC(=O)Nc1cccc(C)c1CCS(=O)(=O)N1CCC2(CC1)N=C(C1CCCCC1)NC2=O. The molecule has 1 saturated carbocycles. The fraction of sp³-hybridized carbons (Fsp3) is 0.625. The van der Waals surface area contributed by atoms with Gasteiger partial charge in [-0.1, -0.05) is 31.4 Å². The molecule has 3 aliphatic rings. The summed E-state index contributed by atoms with van der Waals surface area (Å²) in [5.41, 5.74) is 1.62. The van der Waals surface area contributed by atoms with E-state index < -0.39 is 15.6 Å². The lowest BCUT2D eigenvalue weighted by molar-refractivity contribution is -0.125. The zero-order valence-corrected chi connectivity index (χ0v) is 20.3. The molecule has 0 bridgehead atoms. The van der Waals surface area contributed by atoms with Crippen LogP contribution in [0.5, 0.6) is 0 Å². The van der Waals surface area contributed by atoms with Crippen molar-refractivity contribution in [1.82, 2.24) is 9.62 Å². The third kappa shape index (κ3) is 5.14. The maximum absolute atomic E-state index is 13.1. The van der Waals surface area contributed by atoms with Crippen LogP contribution in [0.4, 0.5) is 5.69 Å². The Morgan fingerprint density at radius 3 is 2.58 bits per heavy atom. The van der Waals surface area contributed by atoms with Crippen molar-refractivity contribution in [2.45, 2.75) is 70.8 Å². The first-order chi connectivity index (χ1) is 15.7. The van der Waals surface area contributed by atoms with Gasteiger partial charge in [0, 0.05) is 31.6 Å². The van der Waals surface area contributed by atoms with E-state index in [0.717, 1.165) is 29.8 Å². The van der Waals surface area contributed by atoms with Gasteiger partial charge in [-0.3, -0.25) is 14.6 Å². The smallest absolute Gasteiger partial charge is 0.253 e. The third-order valence-electron chi connectivity index (χ3n) is 7.26. The lowest BCUT2D eigenvalue weighted by Gasteiger charge is -2.34. The number of sulfonamides is 1. The van der Waals surface area contributed by atoms with Crippen molar-refractivity contribution in [3.63, 3.8) is 0 Å². The van der Waals surface area contributed by atoms with E-state index in [1.807, 2.05) is 19.1 Å². The first kappa shape index (κ1) is 23.9. The Morgan fingerprint density at radius 2 is 1.91 bits per heavy atom. The van der Waals surface area contributed by atoms with E-state index in [-0.39, 0.29) is 17.6 Å². The molecule has 0 aromatic heterocycles. The highest BCUT2D eigenvalue weighted by Crippen LogP contribution is 2.35. The van der Waals surface area contributed by atoms with Crippen LogP contribution < -0.4 is 10.6 Å². The van der Waals surface area contributed by atoms with Crippen molar-refractivity contribution in [3.8, 4) is 0 Å². The number of aryl methyl sites for hydroxylation is 1. The summed E-state index contributed by atoms with van der Waals surface area (Å²) in [5, 5.41) is 5.81. The maximum Gasteiger partial charge on any atom is 0.253 e. The number of benzene rings is 1. The monoisotopic (exact) mass is 474 g/mol. The molecule has 33 heavy (non-hydrogen) atoms. The molecule has 0 radical (unpaired) electrons. The average Bonchev–Trinajstić information content (AvgIpc) is 3.09. The molecule has 1 aliphatic carbocycles. The van der Waals surface area contributed by atoms with Crippen LogP contribution in [-0.2, 0) is 26.0 Å². The number of anilines is 1. The van der Waals surface area contributed by atoms with Crippen LogP contribution in [0.1, 0.15) is 63.0 Å². The van der Waals surface area contributed by atoms with E-state index in [2.05, 4.69) is 10.6 Å². The lowest BCUT2D eigenvalue weighted by atomic mass is 9.88. The lowest BCUT2D eigenvalue weighted by Crippen LogP contribution is -2.51. The van der Waals surface area contributed by atoms with Crippen LogP contribution in [0.2, 0.25) is 0 Å². The highest BCUT2D eigenvalue weighted by Gasteiger charge is 2.48. The Kier molecular flexibility index (Phi) is 6.91. The summed E-state index contributed by atoms with van der Waals surface area (Å²) in [6, 6.07) is 5.55. The number of amides is 2. The Balaban J connectivity index is 1.40. The number of nitrogens with one attached hydrogen (secondary N) is 2. The minimum Gasteiger partial charge on any atom is -0.326 e. The van der Waals surface area contributed by atoms with Crippen molar-refractivity contribution >= 4 is 33.4 Å². The molecule has 0 atom stereocenters. The van der Waals surface area contributed by atoms with Crippen molar-refractivity contribution in [2.75, 3.05) is 24.2 Å². The first-order valence-electron chi connectivity index (χ1n) is 12.0. The first-order valence-corrected chi connectivity index (χ1v) is 13.6. The minimum absolute atomic E-state index is 0.0414. The summed E-state index contributed by atoms with van der Waals surface area (Å²) in [6.07, 6.45) is 6.85. The second kappa shape index (κ2) is 9.54. The normalized spacial score (nSPS) is 21.6. The molecule has 180 valence electrons. The largest absolute Gasteiger partial charge is 0.326 e. The zero-order chi connectivity index (χ0) is 23.6. The molecule has 1 aromatic carbocycles. The van der Waals surface area contributed by atoms with Gasteiger partial charge in [0.2, 0.25) is 15.9 Å². The number of hydrogen-bond donors (Lipinski definition) is 2. The maximum atomic E-state index is 13.1. The van der Waals surface area contributed by atoms with Crippen molar-refractivity contribution < 1.29 is 18.0 Å². The predicted molar refractivity (Wildman–Crippen MR) is 129 cm³/mol. The predicted octanol–water partition coefficient (Wildman–Crippen LogP) is 2.77. The summed E-state index contributed by atoms with van der Waals surface area (Å²) in [5.74, 6) is 0.853. The zero-order valence-electron chi connectivity index (χ0n) is 19.5. The summed E-state index contributed by atoms with van der Waals surface area (Å²) >= 11 is 0. The Hall–Kier alpha value is -2.26. The summed E-state index contributed by atoms with van der Waals surface area (Å²) in [6.45, 7) is 3.94. The van der Waals surface area contributed by atoms with E-state index >= 15 is 0 Å². The van der Waals surface area contributed by atoms with Gasteiger partial charge in [0.05, 0.1) is 5.75 Å². The van der Waals surface area contributed by atoms with E-state index in [9.17, 15) is 18.0 Å². The molecule has 1 saturated heterocycles. The summed E-state index contributed by atoms with van der Waals surface area (Å²) < 4.78 is 27.7. The van der Waals surface area contributed by atoms with Gasteiger partial charge in [0.25, 0.3) is 5.91 Å². The van der Waals surface area contributed by atoms with Crippen molar-refractivity contribution in [2.24, 2.45) is 10.9 Å². The molecular weight excluding hydrogens is 440 g/mol. The topological polar surface area (TPSA) is 108 Å². The molecule has 4 rings (SSSR count). The average molecular weight is 475 g/mol. The van der Waals surface area contributed by atoms with Gasteiger partial charge in [-0.15, -0.1) is 0 Å². The number of rotatable bonds is 6. The van der Waals surface area contributed by atoms with Gasteiger partial charge in [-0.05, 0) is 56.2 Å². The second-order valence-corrected chi connectivity index (χ2v) is 11.7. The van der Waals surface area contributed by atoms with Crippen LogP contribution in [0.15, 0.2) is 23.2 Å². The molecule has 2 amide bonds. The van der Waals surface area contributed by atoms with Crippen LogP contribution in [0, 0.1) is 12.8 Å². The minimum atomic E-state index is -3.50. The Bertz CT molecular complexity index is 1050. The van der Waals surface area contributed by atoms with Gasteiger partial charge in [0.15, 0.2) is 0 Å². The molecule has 0 unspecified atom stereocenters. The molecule has 2 aliphatic heterocycles. The molecule has 1 spiro atoms. The standard InChI is InChI=1S/C24H34N4O4S/c1-17-7-6-10-21(25-18(2)29)20(17)11-16-33(31,32)28-14-12-24(13-15-28)23(30)26-22(27-24)19-8-4-3-5-9-19/h6-7,10,19H,3-5,8-9,11-16H2,1-2H3,(H,25,29)(H,26,27,30). The number of piperidine rings is 1.